The molecule has 3 rings (SSSR count). The van der Waals surface area contributed by atoms with E-state index in [-0.39, 0.29) is 23.9 Å². The molecule has 2 unspecified atom stereocenters. The van der Waals surface area contributed by atoms with E-state index in [4.69, 9.17) is 5.73 Å². The number of hydrogen-bond donors (Lipinski definition) is 1. The Bertz CT molecular complexity index is 629. The number of carbonyl (C=O) groups is 1. The van der Waals surface area contributed by atoms with E-state index in [1.54, 1.807) is 0 Å². The minimum absolute atomic E-state index is 0.0242. The molecule has 1 heterocycles. The third-order valence-corrected chi connectivity index (χ3v) is 5.26. The molecular formula is C22H28N2O. The van der Waals surface area contributed by atoms with E-state index in [9.17, 15) is 4.79 Å². The van der Waals surface area contributed by atoms with Crippen molar-refractivity contribution in [1.82, 2.24) is 4.90 Å². The van der Waals surface area contributed by atoms with Crippen molar-refractivity contribution in [3.63, 3.8) is 0 Å². The average molecular weight is 336 g/mol. The number of piperidine rings is 1. The zero-order valence-corrected chi connectivity index (χ0v) is 15.0. The molecule has 3 heteroatoms. The zero-order chi connectivity index (χ0) is 17.6. The Morgan fingerprint density at radius 2 is 1.60 bits per heavy atom. The fourth-order valence-corrected chi connectivity index (χ4v) is 3.90. The fourth-order valence-electron chi connectivity index (χ4n) is 3.90. The molecule has 0 aliphatic carbocycles. The summed E-state index contributed by atoms with van der Waals surface area (Å²) in [6, 6.07) is 20.9. The van der Waals surface area contributed by atoms with E-state index in [2.05, 4.69) is 24.3 Å². The molecule has 0 radical (unpaired) electrons. The summed E-state index contributed by atoms with van der Waals surface area (Å²) in [7, 11) is 0. The number of hydrogen-bond acceptors (Lipinski definition) is 2. The Kier molecular flexibility index (Phi) is 5.87. The molecule has 132 valence electrons. The normalized spacial score (nSPS) is 19.0. The van der Waals surface area contributed by atoms with Crippen molar-refractivity contribution in [2.24, 2.45) is 5.73 Å². The maximum atomic E-state index is 13.1. The molecule has 1 saturated heterocycles. The minimum Gasteiger partial charge on any atom is -0.338 e. The summed E-state index contributed by atoms with van der Waals surface area (Å²) in [5.74, 6) is 0.310. The molecule has 2 aromatic rings. The molecule has 2 N–H and O–H groups in total. The number of nitrogens with two attached hydrogens (primary N) is 1. The van der Waals surface area contributed by atoms with Gasteiger partial charge in [0.25, 0.3) is 0 Å². The van der Waals surface area contributed by atoms with Gasteiger partial charge in [-0.3, -0.25) is 4.79 Å². The van der Waals surface area contributed by atoms with Gasteiger partial charge in [-0.05, 0) is 37.3 Å². The highest BCUT2D eigenvalue weighted by Gasteiger charge is 2.31. The summed E-state index contributed by atoms with van der Waals surface area (Å²) in [6.45, 7) is 2.85. The van der Waals surface area contributed by atoms with Gasteiger partial charge in [-0.15, -0.1) is 0 Å². The van der Waals surface area contributed by atoms with Crippen LogP contribution in [0, 0.1) is 0 Å². The third kappa shape index (κ3) is 4.29. The Balaban J connectivity index is 1.84. The summed E-state index contributed by atoms with van der Waals surface area (Å²) >= 11 is 0. The fraction of sp³-hybridized carbons (Fsp3) is 0.409. The van der Waals surface area contributed by atoms with Gasteiger partial charge >= 0.3 is 0 Å². The van der Waals surface area contributed by atoms with Gasteiger partial charge in [-0.2, -0.15) is 0 Å². The van der Waals surface area contributed by atoms with Crippen molar-refractivity contribution < 1.29 is 4.79 Å². The van der Waals surface area contributed by atoms with E-state index in [0.29, 0.717) is 6.42 Å². The Morgan fingerprint density at radius 1 is 1.04 bits per heavy atom. The van der Waals surface area contributed by atoms with Gasteiger partial charge in [0.05, 0.1) is 0 Å². The van der Waals surface area contributed by atoms with Gasteiger partial charge < -0.3 is 10.6 Å². The SMILES string of the molecule is CC(N)C1CCCCN1C(=O)CC(c1ccccc1)c1ccccc1. The molecular weight excluding hydrogens is 308 g/mol. The number of nitrogens with zero attached hydrogens (tertiary/aromatic N) is 1. The Morgan fingerprint density at radius 3 is 2.12 bits per heavy atom. The minimum atomic E-state index is 0.0242. The highest BCUT2D eigenvalue weighted by Crippen LogP contribution is 2.30. The van der Waals surface area contributed by atoms with Gasteiger partial charge in [0.1, 0.15) is 0 Å². The number of carbonyl (C=O) groups excluding carboxylic acids is 1. The summed E-state index contributed by atoms with van der Waals surface area (Å²) in [4.78, 5) is 15.2. The van der Waals surface area contributed by atoms with Crippen LogP contribution in [0.15, 0.2) is 60.7 Å². The maximum Gasteiger partial charge on any atom is 0.223 e. The van der Waals surface area contributed by atoms with Crippen molar-refractivity contribution in [3.05, 3.63) is 71.8 Å². The highest BCUT2D eigenvalue weighted by atomic mass is 16.2. The third-order valence-electron chi connectivity index (χ3n) is 5.26. The van der Waals surface area contributed by atoms with Crippen LogP contribution >= 0.6 is 0 Å². The van der Waals surface area contributed by atoms with Crippen LogP contribution in [0.4, 0.5) is 0 Å². The quantitative estimate of drug-likeness (QED) is 0.899. The molecule has 2 aromatic carbocycles. The lowest BCUT2D eigenvalue weighted by Crippen LogP contribution is -2.51. The summed E-state index contributed by atoms with van der Waals surface area (Å²) in [6.07, 6.45) is 3.76. The molecule has 25 heavy (non-hydrogen) atoms. The van der Waals surface area contributed by atoms with E-state index in [1.807, 2.05) is 48.2 Å². The summed E-state index contributed by atoms with van der Waals surface area (Å²) in [5, 5.41) is 0. The number of rotatable bonds is 5. The lowest BCUT2D eigenvalue weighted by Gasteiger charge is -2.39. The second-order valence-electron chi connectivity index (χ2n) is 7.09. The standard InChI is InChI=1S/C22H28N2O/c1-17(23)21-14-8-9-15-24(21)22(25)16-20(18-10-4-2-5-11-18)19-12-6-3-7-13-19/h2-7,10-13,17,20-21H,8-9,14-16,23H2,1H3. The maximum absolute atomic E-state index is 13.1. The first kappa shape index (κ1) is 17.7. The van der Waals surface area contributed by atoms with E-state index in [1.165, 1.54) is 11.1 Å². The topological polar surface area (TPSA) is 46.3 Å². The van der Waals surface area contributed by atoms with E-state index >= 15 is 0 Å². The van der Waals surface area contributed by atoms with Crippen LogP contribution in [0.2, 0.25) is 0 Å². The molecule has 0 saturated carbocycles. The molecule has 2 atom stereocenters. The van der Waals surface area contributed by atoms with Crippen LogP contribution in [0.1, 0.15) is 49.7 Å². The zero-order valence-electron chi connectivity index (χ0n) is 15.0. The average Bonchev–Trinajstić information content (AvgIpc) is 2.67. The van der Waals surface area contributed by atoms with Crippen molar-refractivity contribution in [1.29, 1.82) is 0 Å². The molecule has 1 fully saturated rings. The first-order chi connectivity index (χ1) is 12.2. The van der Waals surface area contributed by atoms with Gasteiger partial charge in [0.2, 0.25) is 5.91 Å². The monoisotopic (exact) mass is 336 g/mol. The van der Waals surface area contributed by atoms with Crippen LogP contribution in [-0.2, 0) is 4.79 Å². The van der Waals surface area contributed by atoms with Crippen LogP contribution < -0.4 is 5.73 Å². The number of benzene rings is 2. The summed E-state index contributed by atoms with van der Waals surface area (Å²) in [5.41, 5.74) is 8.54. The van der Waals surface area contributed by atoms with Crippen LogP contribution in [0.3, 0.4) is 0 Å². The van der Waals surface area contributed by atoms with Crippen molar-refractivity contribution in [2.45, 2.75) is 50.6 Å². The predicted molar refractivity (Wildman–Crippen MR) is 102 cm³/mol. The van der Waals surface area contributed by atoms with Crippen molar-refractivity contribution >= 4 is 5.91 Å². The molecule has 0 bridgehead atoms. The molecule has 1 aliphatic rings. The molecule has 0 spiro atoms. The first-order valence-electron chi connectivity index (χ1n) is 9.31. The smallest absolute Gasteiger partial charge is 0.223 e. The lowest BCUT2D eigenvalue weighted by molar-refractivity contribution is -0.135. The second-order valence-corrected chi connectivity index (χ2v) is 7.09. The lowest BCUT2D eigenvalue weighted by atomic mass is 9.87. The predicted octanol–water partition coefficient (Wildman–Crippen LogP) is 3.94. The number of amides is 1. The first-order valence-corrected chi connectivity index (χ1v) is 9.31. The van der Waals surface area contributed by atoms with Crippen molar-refractivity contribution in [3.8, 4) is 0 Å². The van der Waals surface area contributed by atoms with Gasteiger partial charge in [0, 0.05) is 31.0 Å². The van der Waals surface area contributed by atoms with Gasteiger partial charge in [-0.25, -0.2) is 0 Å². The van der Waals surface area contributed by atoms with E-state index < -0.39 is 0 Å². The van der Waals surface area contributed by atoms with E-state index in [0.717, 1.165) is 25.8 Å². The number of likely N-dealkylation sites (tertiary alicyclic amines) is 1. The Hall–Kier alpha value is -2.13. The van der Waals surface area contributed by atoms with Crippen LogP contribution in [-0.4, -0.2) is 29.4 Å². The Labute approximate surface area is 150 Å². The van der Waals surface area contributed by atoms with Crippen LogP contribution in [0.5, 0.6) is 0 Å². The van der Waals surface area contributed by atoms with Crippen LogP contribution in [0.25, 0.3) is 0 Å². The molecule has 1 aliphatic heterocycles. The highest BCUT2D eigenvalue weighted by molar-refractivity contribution is 5.78. The van der Waals surface area contributed by atoms with Gasteiger partial charge in [-0.1, -0.05) is 60.7 Å². The van der Waals surface area contributed by atoms with Gasteiger partial charge in [0.15, 0.2) is 0 Å². The van der Waals surface area contributed by atoms with Crippen molar-refractivity contribution in [2.75, 3.05) is 6.54 Å². The molecule has 1 amide bonds. The largest absolute Gasteiger partial charge is 0.338 e. The second kappa shape index (κ2) is 8.30. The summed E-state index contributed by atoms with van der Waals surface area (Å²) < 4.78 is 0. The molecule has 0 aromatic heterocycles. The molecule has 3 nitrogen and oxygen atoms in total.